The average molecular weight is 945 g/mol. The van der Waals surface area contributed by atoms with Crippen molar-refractivity contribution in [3.63, 3.8) is 0 Å². The van der Waals surface area contributed by atoms with Crippen molar-refractivity contribution in [2.45, 2.75) is 60.5 Å². The van der Waals surface area contributed by atoms with Gasteiger partial charge in [0.15, 0.2) is 22.8 Å². The highest BCUT2D eigenvalue weighted by atomic mass is 24.3. The van der Waals surface area contributed by atoms with Crippen molar-refractivity contribution in [2.75, 3.05) is 28.2 Å². The van der Waals surface area contributed by atoms with Gasteiger partial charge in [0.05, 0.1) is 81.4 Å². The first kappa shape index (κ1) is 50.7. The molecular formula is C44H48MgN4O18. The van der Waals surface area contributed by atoms with E-state index in [-0.39, 0.29) is 45.3 Å². The number of benzene rings is 2. The summed E-state index contributed by atoms with van der Waals surface area (Å²) >= 11 is 0. The summed E-state index contributed by atoms with van der Waals surface area (Å²) < 4.78 is 0. The van der Waals surface area contributed by atoms with Gasteiger partial charge < -0.3 is 72.7 Å². The maximum Gasteiger partial charge on any atom is 0.255 e. The smallest absolute Gasteiger partial charge is 0.255 e. The third-order valence-electron chi connectivity index (χ3n) is 14.1. The Morgan fingerprint density at radius 1 is 0.567 bits per heavy atom. The zero-order chi connectivity index (χ0) is 49.6. The minimum atomic E-state index is -3.02. The topological polar surface area (TPSA) is 404 Å². The molecule has 6 aliphatic rings. The number of phenols is 2. The number of nitrogens with zero attached hydrogens (tertiary/aromatic N) is 2. The number of phenolic OH excluding ortho intramolecular Hbond substituents is 2. The molecule has 8 rings (SSSR count). The van der Waals surface area contributed by atoms with Crippen LogP contribution in [0.1, 0.15) is 36.1 Å². The first-order valence-corrected chi connectivity index (χ1v) is 20.2. The van der Waals surface area contributed by atoms with Crippen LogP contribution in [0.15, 0.2) is 70.2 Å². The van der Waals surface area contributed by atoms with E-state index in [9.17, 15) is 90.0 Å². The van der Waals surface area contributed by atoms with Gasteiger partial charge in [-0.1, -0.05) is 24.3 Å². The van der Waals surface area contributed by atoms with Crippen LogP contribution < -0.4 is 11.5 Å². The molecule has 2 radical (unpaired) electrons. The SMILES string of the molecule is CN(C)[C@@H]1C(=O)C(C(N)=O)=C(O)[C@@]2(O)C(=O)C3=C(O)c4c(O)cccc4[C@@](C)(O)[C@H]3[C@@H](O)[C@@H]12.CN(C)[C@@H]1C(=O)C(C(N)=O)=C(O)[C@@]2(O)C(=O)C3=C(O)c4c(O)cccc4[C@@](C)(O)[C@H]3[C@@H](O)[C@@H]12.[Mg]. The Hall–Kier alpha value is -5.73. The molecule has 0 heterocycles. The lowest BCUT2D eigenvalue weighted by atomic mass is 9.53. The van der Waals surface area contributed by atoms with Crippen LogP contribution in [0.3, 0.4) is 0 Å². The second-order valence-corrected chi connectivity index (χ2v) is 18.1. The summed E-state index contributed by atoms with van der Waals surface area (Å²) in [5, 5.41) is 133. The first-order valence-electron chi connectivity index (χ1n) is 20.2. The highest BCUT2D eigenvalue weighted by Crippen LogP contribution is 2.59. The first-order chi connectivity index (χ1) is 30.4. The molecule has 2 saturated carbocycles. The van der Waals surface area contributed by atoms with Gasteiger partial charge in [-0.05, 0) is 65.3 Å². The number of rotatable bonds is 4. The van der Waals surface area contributed by atoms with Gasteiger partial charge in [-0.15, -0.1) is 0 Å². The Labute approximate surface area is 395 Å². The Bertz CT molecular complexity index is 2560. The number of Topliss-reactive ketones (excluding diaryl/α,β-unsaturated/α-hetero) is 4. The summed E-state index contributed by atoms with van der Waals surface area (Å²) in [4.78, 5) is 79.9. The monoisotopic (exact) mass is 944 g/mol. The number of aliphatic hydroxyl groups excluding tert-OH is 6. The number of carbonyl (C=O) groups excluding carboxylic acids is 6. The predicted molar refractivity (Wildman–Crippen MR) is 229 cm³/mol. The van der Waals surface area contributed by atoms with Crippen LogP contribution in [0.2, 0.25) is 0 Å². The van der Waals surface area contributed by atoms with Gasteiger partial charge >= 0.3 is 0 Å². The van der Waals surface area contributed by atoms with Gasteiger partial charge in [-0.25, -0.2) is 0 Å². The summed E-state index contributed by atoms with van der Waals surface area (Å²) in [5.41, 5.74) is -3.55. The molecule has 0 aliphatic heterocycles. The Morgan fingerprint density at radius 2 is 0.866 bits per heavy atom. The Balaban J connectivity index is 0.000000218. The summed E-state index contributed by atoms with van der Waals surface area (Å²) in [6, 6.07) is 5.00. The van der Waals surface area contributed by atoms with Crippen LogP contribution in [0, 0.1) is 23.7 Å². The number of ketones is 4. The number of amides is 2. The van der Waals surface area contributed by atoms with Crippen molar-refractivity contribution in [1.29, 1.82) is 0 Å². The maximum absolute atomic E-state index is 13.7. The van der Waals surface area contributed by atoms with E-state index in [1.807, 2.05) is 0 Å². The van der Waals surface area contributed by atoms with Crippen molar-refractivity contribution in [3.05, 3.63) is 92.5 Å². The van der Waals surface area contributed by atoms with Crippen molar-refractivity contribution in [1.82, 2.24) is 9.80 Å². The zero-order valence-electron chi connectivity index (χ0n) is 36.7. The van der Waals surface area contributed by atoms with E-state index in [1.165, 1.54) is 88.2 Å². The molecule has 0 bridgehead atoms. The van der Waals surface area contributed by atoms with E-state index in [2.05, 4.69) is 0 Å². The summed E-state index contributed by atoms with van der Waals surface area (Å²) in [7, 11) is 5.60. The third-order valence-corrected chi connectivity index (χ3v) is 14.1. The minimum Gasteiger partial charge on any atom is -0.508 e. The summed E-state index contributed by atoms with van der Waals surface area (Å²) in [6.07, 6.45) is -3.74. The number of primary amides is 2. The van der Waals surface area contributed by atoms with Crippen LogP contribution in [-0.4, -0.2) is 193 Å². The molecule has 12 atom stereocenters. The van der Waals surface area contributed by atoms with Crippen molar-refractivity contribution in [3.8, 4) is 11.5 Å². The van der Waals surface area contributed by atoms with Crippen LogP contribution in [-0.2, 0) is 40.0 Å². The summed E-state index contributed by atoms with van der Waals surface area (Å²) in [6.45, 7) is 2.51. The number of hydrogen-bond acceptors (Lipinski definition) is 20. The van der Waals surface area contributed by atoms with Crippen molar-refractivity contribution in [2.24, 2.45) is 35.1 Å². The fourth-order valence-electron chi connectivity index (χ4n) is 11.2. The minimum absolute atomic E-state index is 0. The standard InChI is InChI=1S/2C22H24N2O9.Mg/c2*1-21(32)7-5-4-6-8(25)9(7)15(26)10-12(21)17(28)13-14(24(2)3)16(27)11(20(23)31)19(30)22(13,33)18(10)29;/h2*4-6,12-14,17,25-26,28,30,32-33H,1-3H3,(H2,23,31);/t2*12-,13-,14+,17-,21-,22+;/m11./s1. The molecule has 2 aromatic rings. The lowest BCUT2D eigenvalue weighted by Crippen LogP contribution is -2.71. The molecular weight excluding hydrogens is 897 g/mol. The number of likely N-dealkylation sites (N-methyl/N-ethyl adjacent to an activating group) is 2. The Kier molecular flexibility index (Phi) is 12.3. The lowest BCUT2D eigenvalue weighted by molar-refractivity contribution is -0.181. The molecule has 0 spiro atoms. The van der Waals surface area contributed by atoms with Gasteiger partial charge in [0.2, 0.25) is 11.6 Å². The number of hydrogen-bond donors (Lipinski definition) is 14. The summed E-state index contributed by atoms with van der Waals surface area (Å²) in [5.74, 6) is -19.3. The highest BCUT2D eigenvalue weighted by Gasteiger charge is 2.72. The van der Waals surface area contributed by atoms with E-state index < -0.39 is 162 Å². The Morgan fingerprint density at radius 3 is 1.13 bits per heavy atom. The molecule has 22 nitrogen and oxygen atoms in total. The number of aromatic hydroxyl groups is 2. The van der Waals surface area contributed by atoms with E-state index in [0.29, 0.717) is 0 Å². The second-order valence-electron chi connectivity index (χ2n) is 18.1. The third kappa shape index (κ3) is 6.44. The van der Waals surface area contributed by atoms with Crippen LogP contribution in [0.4, 0.5) is 0 Å². The molecule has 0 saturated heterocycles. The van der Waals surface area contributed by atoms with Gasteiger partial charge in [0, 0.05) is 23.1 Å². The molecule has 0 aromatic heterocycles. The van der Waals surface area contributed by atoms with Gasteiger partial charge in [-0.3, -0.25) is 38.6 Å². The molecule has 23 heteroatoms. The molecule has 67 heavy (non-hydrogen) atoms. The molecule has 2 amide bonds. The number of fused-ring (bicyclic) bond motifs is 6. The van der Waals surface area contributed by atoms with Crippen LogP contribution in [0.25, 0.3) is 11.5 Å². The van der Waals surface area contributed by atoms with Gasteiger partial charge in [0.25, 0.3) is 11.8 Å². The van der Waals surface area contributed by atoms with E-state index in [4.69, 9.17) is 11.5 Å². The molecule has 0 unspecified atom stereocenters. The van der Waals surface area contributed by atoms with Crippen LogP contribution >= 0.6 is 0 Å². The fraction of sp³-hybridized carbons (Fsp3) is 0.409. The largest absolute Gasteiger partial charge is 0.508 e. The van der Waals surface area contributed by atoms with E-state index in [1.54, 1.807) is 0 Å². The van der Waals surface area contributed by atoms with Gasteiger partial charge in [0.1, 0.15) is 45.7 Å². The number of carbonyl (C=O) groups is 6. The maximum atomic E-state index is 13.7. The quantitative estimate of drug-likeness (QED) is 0.106. The van der Waals surface area contributed by atoms with E-state index in [0.717, 1.165) is 0 Å². The van der Waals surface area contributed by atoms with Gasteiger partial charge in [-0.2, -0.15) is 0 Å². The molecule has 6 aliphatic carbocycles. The average Bonchev–Trinajstić information content (AvgIpc) is 3.20. The molecule has 354 valence electrons. The predicted octanol–water partition coefficient (Wildman–Crippen LogP) is -3.18. The molecule has 16 N–H and O–H groups in total. The van der Waals surface area contributed by atoms with Crippen molar-refractivity contribution < 1.29 is 90.0 Å². The lowest BCUT2D eigenvalue weighted by Gasteiger charge is -2.55. The van der Waals surface area contributed by atoms with Crippen LogP contribution in [0.5, 0.6) is 11.5 Å². The molecule has 2 fully saturated rings. The zero-order valence-corrected chi connectivity index (χ0v) is 38.1. The fourth-order valence-corrected chi connectivity index (χ4v) is 11.2. The van der Waals surface area contributed by atoms with Crippen molar-refractivity contribution >= 4 is 69.5 Å². The normalized spacial score (nSPS) is 35.4. The van der Waals surface area contributed by atoms with E-state index >= 15 is 0 Å². The molecule has 2 aromatic carbocycles. The number of aliphatic hydroxyl groups is 10. The highest BCUT2D eigenvalue weighted by molar-refractivity contribution is 6.26. The number of nitrogens with two attached hydrogens (primary N) is 2. The second kappa shape index (κ2) is 16.2.